The number of imide groups is 1. The van der Waals surface area contributed by atoms with Gasteiger partial charge in [0.25, 0.3) is 11.8 Å². The Bertz CT molecular complexity index is 934. The average molecular weight is 377 g/mol. The van der Waals surface area contributed by atoms with Crippen molar-refractivity contribution in [2.45, 2.75) is 31.7 Å². The molecule has 144 valence electrons. The van der Waals surface area contributed by atoms with Gasteiger partial charge >= 0.3 is 6.03 Å². The fourth-order valence-electron chi connectivity index (χ4n) is 3.94. The number of nitrogens with one attached hydrogen (secondary N) is 3. The molecule has 2 fully saturated rings. The Balaban J connectivity index is 1.56. The third-order valence-corrected chi connectivity index (χ3v) is 5.83. The first-order valence-electron chi connectivity index (χ1n) is 9.57. The lowest BCUT2D eigenvalue weighted by molar-refractivity contribution is -0.126. The maximum atomic E-state index is 13.0. The Hall–Kier alpha value is -3.15. The Morgan fingerprint density at radius 2 is 1.82 bits per heavy atom. The second kappa shape index (κ2) is 7.11. The molecule has 2 aromatic carbocycles. The molecule has 1 unspecified atom stereocenters. The molecular weight excluding hydrogens is 354 g/mol. The maximum Gasteiger partial charge on any atom is 0.322 e. The van der Waals surface area contributed by atoms with Gasteiger partial charge in [-0.1, -0.05) is 54.4 Å². The molecule has 1 saturated heterocycles. The standard InChI is InChI=1S/C22H23N3O3/c1-14-9-11-15(12-10-14)17-7-2-3-8-18(17)19(26)23-13-22(16-5-4-6-16)20(27)24-21(28)25-22/h2-3,7-12,16H,4-6,13H2,1H3,(H,23,26)(H2,24,25,27,28). The van der Waals surface area contributed by atoms with E-state index in [1.807, 2.05) is 49.4 Å². The van der Waals surface area contributed by atoms with Gasteiger partial charge in [-0.3, -0.25) is 14.9 Å². The van der Waals surface area contributed by atoms with E-state index >= 15 is 0 Å². The van der Waals surface area contributed by atoms with E-state index in [9.17, 15) is 14.4 Å². The number of benzene rings is 2. The lowest BCUT2D eigenvalue weighted by Crippen LogP contribution is -2.61. The Morgan fingerprint density at radius 1 is 1.11 bits per heavy atom. The molecule has 0 aromatic heterocycles. The van der Waals surface area contributed by atoms with E-state index in [0.717, 1.165) is 36.0 Å². The van der Waals surface area contributed by atoms with E-state index in [1.54, 1.807) is 6.07 Å². The van der Waals surface area contributed by atoms with E-state index in [1.165, 1.54) is 0 Å². The van der Waals surface area contributed by atoms with Gasteiger partial charge in [0.05, 0.1) is 6.54 Å². The summed E-state index contributed by atoms with van der Waals surface area (Å²) in [6, 6.07) is 14.9. The average Bonchev–Trinajstić information content (AvgIpc) is 2.93. The lowest BCUT2D eigenvalue weighted by Gasteiger charge is -2.40. The molecule has 1 heterocycles. The minimum absolute atomic E-state index is 0.0478. The summed E-state index contributed by atoms with van der Waals surface area (Å²) in [5.74, 6) is -0.565. The maximum absolute atomic E-state index is 13.0. The van der Waals surface area contributed by atoms with Gasteiger partial charge < -0.3 is 10.6 Å². The molecule has 6 nitrogen and oxygen atoms in total. The fourth-order valence-corrected chi connectivity index (χ4v) is 3.94. The highest BCUT2D eigenvalue weighted by atomic mass is 16.2. The summed E-state index contributed by atoms with van der Waals surface area (Å²) in [7, 11) is 0. The quantitative estimate of drug-likeness (QED) is 0.700. The van der Waals surface area contributed by atoms with Gasteiger partial charge in [-0.2, -0.15) is 0 Å². The lowest BCUT2D eigenvalue weighted by atomic mass is 9.70. The van der Waals surface area contributed by atoms with Gasteiger partial charge in [-0.25, -0.2) is 4.79 Å². The molecule has 4 amide bonds. The molecule has 2 aromatic rings. The number of aryl methyl sites for hydroxylation is 1. The van der Waals surface area contributed by atoms with Crippen LogP contribution in [-0.2, 0) is 4.79 Å². The second-order valence-corrected chi connectivity index (χ2v) is 7.60. The van der Waals surface area contributed by atoms with Gasteiger partial charge in [0.1, 0.15) is 5.54 Å². The topological polar surface area (TPSA) is 87.3 Å². The number of urea groups is 1. The number of hydrogen-bond acceptors (Lipinski definition) is 3. The smallest absolute Gasteiger partial charge is 0.322 e. The minimum atomic E-state index is -1.05. The molecule has 4 rings (SSSR count). The Kier molecular flexibility index (Phi) is 4.63. The summed E-state index contributed by atoms with van der Waals surface area (Å²) >= 11 is 0. The first kappa shape index (κ1) is 18.2. The van der Waals surface area contributed by atoms with Crippen molar-refractivity contribution in [1.82, 2.24) is 16.0 Å². The first-order chi connectivity index (χ1) is 13.5. The fraction of sp³-hybridized carbons (Fsp3) is 0.318. The molecule has 1 saturated carbocycles. The van der Waals surface area contributed by atoms with Crippen molar-refractivity contribution in [2.75, 3.05) is 6.54 Å². The first-order valence-corrected chi connectivity index (χ1v) is 9.57. The largest absolute Gasteiger partial charge is 0.349 e. The van der Waals surface area contributed by atoms with Crippen LogP contribution >= 0.6 is 0 Å². The van der Waals surface area contributed by atoms with E-state index < -0.39 is 11.6 Å². The van der Waals surface area contributed by atoms with Crippen LogP contribution < -0.4 is 16.0 Å². The molecule has 1 atom stereocenters. The predicted molar refractivity (Wildman–Crippen MR) is 106 cm³/mol. The molecule has 28 heavy (non-hydrogen) atoms. The molecular formula is C22H23N3O3. The predicted octanol–water partition coefficient (Wildman–Crippen LogP) is 2.77. The molecule has 1 aliphatic carbocycles. The van der Waals surface area contributed by atoms with E-state index in [0.29, 0.717) is 5.56 Å². The SMILES string of the molecule is Cc1ccc(-c2ccccc2C(=O)NCC2(C3CCC3)NC(=O)NC2=O)cc1. The number of amides is 4. The number of carbonyl (C=O) groups excluding carboxylic acids is 3. The van der Waals surface area contributed by atoms with Gasteiger partial charge in [0, 0.05) is 5.56 Å². The van der Waals surface area contributed by atoms with Crippen LogP contribution in [0.2, 0.25) is 0 Å². The van der Waals surface area contributed by atoms with Crippen molar-refractivity contribution in [3.05, 3.63) is 59.7 Å². The van der Waals surface area contributed by atoms with Gasteiger partial charge in [0.15, 0.2) is 0 Å². The molecule has 0 radical (unpaired) electrons. The summed E-state index contributed by atoms with van der Waals surface area (Å²) in [5.41, 5.74) is 2.43. The summed E-state index contributed by atoms with van der Waals surface area (Å²) in [6.07, 6.45) is 2.76. The highest BCUT2D eigenvalue weighted by Crippen LogP contribution is 2.37. The molecule has 2 aliphatic rings. The number of hydrogen-bond donors (Lipinski definition) is 3. The molecule has 6 heteroatoms. The van der Waals surface area contributed by atoms with Crippen molar-refractivity contribution >= 4 is 17.8 Å². The summed E-state index contributed by atoms with van der Waals surface area (Å²) < 4.78 is 0. The highest BCUT2D eigenvalue weighted by molar-refractivity contribution is 6.08. The highest BCUT2D eigenvalue weighted by Gasteiger charge is 2.53. The zero-order valence-electron chi connectivity index (χ0n) is 15.7. The monoisotopic (exact) mass is 377 g/mol. The van der Waals surface area contributed by atoms with Gasteiger partial charge in [0.2, 0.25) is 0 Å². The van der Waals surface area contributed by atoms with Crippen LogP contribution in [0.4, 0.5) is 4.79 Å². The molecule has 1 aliphatic heterocycles. The second-order valence-electron chi connectivity index (χ2n) is 7.60. The summed E-state index contributed by atoms with van der Waals surface area (Å²) in [6.45, 7) is 2.10. The van der Waals surface area contributed by atoms with Crippen molar-refractivity contribution in [3.63, 3.8) is 0 Å². The van der Waals surface area contributed by atoms with Crippen LogP contribution in [0.15, 0.2) is 48.5 Å². The molecule has 3 N–H and O–H groups in total. The van der Waals surface area contributed by atoms with Gasteiger partial charge in [-0.15, -0.1) is 0 Å². The van der Waals surface area contributed by atoms with Crippen molar-refractivity contribution in [2.24, 2.45) is 5.92 Å². The zero-order valence-corrected chi connectivity index (χ0v) is 15.7. The normalized spacial score (nSPS) is 21.6. The van der Waals surface area contributed by atoms with Crippen LogP contribution in [0.5, 0.6) is 0 Å². The van der Waals surface area contributed by atoms with E-state index in [-0.39, 0.29) is 24.3 Å². The van der Waals surface area contributed by atoms with Crippen LogP contribution in [-0.4, -0.2) is 29.9 Å². The van der Waals surface area contributed by atoms with E-state index in [4.69, 9.17) is 0 Å². The molecule has 0 bridgehead atoms. The third-order valence-electron chi connectivity index (χ3n) is 5.83. The Labute approximate surface area is 163 Å². The number of rotatable bonds is 5. The van der Waals surface area contributed by atoms with Crippen LogP contribution in [0.25, 0.3) is 11.1 Å². The zero-order chi connectivity index (χ0) is 19.7. The molecule has 0 spiro atoms. The Morgan fingerprint density at radius 3 is 2.43 bits per heavy atom. The third kappa shape index (κ3) is 3.15. The van der Waals surface area contributed by atoms with Crippen molar-refractivity contribution in [3.8, 4) is 11.1 Å². The van der Waals surface area contributed by atoms with Crippen LogP contribution in [0.3, 0.4) is 0 Å². The minimum Gasteiger partial charge on any atom is -0.349 e. The number of carbonyl (C=O) groups is 3. The summed E-state index contributed by atoms with van der Waals surface area (Å²) in [4.78, 5) is 37.2. The van der Waals surface area contributed by atoms with Crippen LogP contribution in [0.1, 0.15) is 35.2 Å². The van der Waals surface area contributed by atoms with Crippen LogP contribution in [0, 0.1) is 12.8 Å². The van der Waals surface area contributed by atoms with E-state index in [2.05, 4.69) is 16.0 Å². The van der Waals surface area contributed by atoms with Crippen molar-refractivity contribution < 1.29 is 14.4 Å². The van der Waals surface area contributed by atoms with Gasteiger partial charge in [-0.05, 0) is 42.9 Å². The van der Waals surface area contributed by atoms with Crippen molar-refractivity contribution in [1.29, 1.82) is 0 Å². The summed E-state index contributed by atoms with van der Waals surface area (Å²) in [5, 5.41) is 7.98.